The van der Waals surface area contributed by atoms with Crippen LogP contribution < -0.4 is 23.8 Å². The average molecular weight is 411 g/mol. The predicted molar refractivity (Wildman–Crippen MR) is 99.3 cm³/mol. The summed E-state index contributed by atoms with van der Waals surface area (Å²) in [5, 5.41) is 3.08. The fraction of sp³-hybridized carbons (Fsp3) is 0.235. The highest BCUT2D eigenvalue weighted by Crippen LogP contribution is 2.38. The Kier molecular flexibility index (Phi) is 4.27. The lowest BCUT2D eigenvalue weighted by Crippen LogP contribution is -2.48. The van der Waals surface area contributed by atoms with Crippen molar-refractivity contribution in [3.8, 4) is 17.2 Å². The number of nitrogens with zero attached hydrogens (tertiary/aromatic N) is 1. The molecule has 0 bridgehead atoms. The van der Waals surface area contributed by atoms with Gasteiger partial charge in [0.1, 0.15) is 5.75 Å². The molecule has 1 amide bonds. The number of benzene rings is 2. The van der Waals surface area contributed by atoms with E-state index in [0.29, 0.717) is 27.9 Å². The topological polar surface area (TPSA) is 94.2 Å². The summed E-state index contributed by atoms with van der Waals surface area (Å²) in [6.45, 7) is -0.0380. The number of rotatable bonds is 3. The molecule has 0 fully saturated rings. The number of amides is 1. The van der Waals surface area contributed by atoms with Crippen molar-refractivity contribution < 1.29 is 27.4 Å². The Labute approximate surface area is 160 Å². The quantitative estimate of drug-likeness (QED) is 0.833. The monoisotopic (exact) mass is 410 g/mol. The second-order valence-electron chi connectivity index (χ2n) is 6.07. The zero-order valence-corrected chi connectivity index (χ0v) is 15.7. The molecule has 1 N–H and O–H groups in total. The summed E-state index contributed by atoms with van der Waals surface area (Å²) in [7, 11) is -3.63. The van der Waals surface area contributed by atoms with Crippen LogP contribution in [0.3, 0.4) is 0 Å². The van der Waals surface area contributed by atoms with E-state index in [2.05, 4.69) is 5.32 Å². The Balaban J connectivity index is 1.58. The molecule has 2 heterocycles. The first kappa shape index (κ1) is 17.7. The van der Waals surface area contributed by atoms with E-state index in [9.17, 15) is 13.2 Å². The third-order valence-electron chi connectivity index (χ3n) is 4.12. The van der Waals surface area contributed by atoms with Crippen molar-refractivity contribution >= 4 is 38.9 Å². The molecule has 0 saturated heterocycles. The van der Waals surface area contributed by atoms with Crippen molar-refractivity contribution in [1.82, 2.24) is 0 Å². The molecule has 2 aliphatic rings. The molecule has 0 unspecified atom stereocenters. The van der Waals surface area contributed by atoms with Gasteiger partial charge in [0.25, 0.3) is 5.91 Å². The van der Waals surface area contributed by atoms with E-state index in [0.717, 1.165) is 10.6 Å². The average Bonchev–Trinajstić information content (AvgIpc) is 3.07. The second-order valence-corrected chi connectivity index (χ2v) is 8.41. The molecule has 0 aliphatic carbocycles. The number of hydrogen-bond donors (Lipinski definition) is 1. The van der Waals surface area contributed by atoms with Gasteiger partial charge in [-0.3, -0.25) is 9.10 Å². The number of ether oxygens (including phenoxy) is 3. The number of carbonyl (C=O) groups is 1. The highest BCUT2D eigenvalue weighted by molar-refractivity contribution is 7.92. The number of sulfonamides is 1. The highest BCUT2D eigenvalue weighted by Gasteiger charge is 2.35. The zero-order valence-electron chi connectivity index (χ0n) is 14.1. The van der Waals surface area contributed by atoms with E-state index in [1.165, 1.54) is 12.1 Å². The van der Waals surface area contributed by atoms with Gasteiger partial charge in [-0.25, -0.2) is 8.42 Å². The molecular weight excluding hydrogens is 396 g/mol. The minimum absolute atomic E-state index is 0.126. The molecule has 0 saturated carbocycles. The standard InChI is InChI=1S/C17H15ClN2O6S/c1-27(22,23)20-8-16(26-13-4-2-10(18)6-12(13)20)17(21)19-11-3-5-14-15(7-11)25-9-24-14/h2-7,16H,8-9H2,1H3,(H,19,21)/t16-/m0/s1. The van der Waals surface area contributed by atoms with E-state index in [-0.39, 0.29) is 19.1 Å². The van der Waals surface area contributed by atoms with E-state index < -0.39 is 22.0 Å². The highest BCUT2D eigenvalue weighted by atomic mass is 35.5. The van der Waals surface area contributed by atoms with Gasteiger partial charge < -0.3 is 19.5 Å². The molecule has 27 heavy (non-hydrogen) atoms. The van der Waals surface area contributed by atoms with Crippen LogP contribution in [0.15, 0.2) is 36.4 Å². The van der Waals surface area contributed by atoms with Gasteiger partial charge in [-0.05, 0) is 30.3 Å². The minimum atomic E-state index is -3.63. The lowest BCUT2D eigenvalue weighted by atomic mass is 10.2. The van der Waals surface area contributed by atoms with Crippen LogP contribution in [-0.2, 0) is 14.8 Å². The molecule has 2 aliphatic heterocycles. The summed E-state index contributed by atoms with van der Waals surface area (Å²) in [4.78, 5) is 12.7. The number of carbonyl (C=O) groups excluding carboxylic acids is 1. The molecule has 0 radical (unpaired) electrons. The Morgan fingerprint density at radius 3 is 2.67 bits per heavy atom. The van der Waals surface area contributed by atoms with Gasteiger partial charge >= 0.3 is 0 Å². The SMILES string of the molecule is CS(=O)(=O)N1C[C@@H](C(=O)Nc2ccc3c(c2)OCO3)Oc2ccc(Cl)cc21. The third-order valence-corrected chi connectivity index (χ3v) is 5.50. The lowest BCUT2D eigenvalue weighted by Gasteiger charge is -2.34. The third kappa shape index (κ3) is 3.47. The molecule has 0 aromatic heterocycles. The molecule has 0 spiro atoms. The smallest absolute Gasteiger partial charge is 0.267 e. The largest absolute Gasteiger partial charge is 0.476 e. The summed E-state index contributed by atoms with van der Waals surface area (Å²) in [6, 6.07) is 9.57. The number of halogens is 1. The van der Waals surface area contributed by atoms with Crippen LogP contribution in [0.25, 0.3) is 0 Å². The Hall–Kier alpha value is -2.65. The van der Waals surface area contributed by atoms with Crippen LogP contribution in [0.5, 0.6) is 17.2 Å². The second kappa shape index (κ2) is 6.50. The fourth-order valence-electron chi connectivity index (χ4n) is 2.87. The van der Waals surface area contributed by atoms with Gasteiger partial charge in [0.2, 0.25) is 16.8 Å². The summed E-state index contributed by atoms with van der Waals surface area (Å²) < 4.78 is 41.7. The van der Waals surface area contributed by atoms with Crippen LogP contribution in [0.2, 0.25) is 5.02 Å². The van der Waals surface area contributed by atoms with Gasteiger partial charge in [0.05, 0.1) is 18.5 Å². The molecule has 2 aromatic rings. The summed E-state index contributed by atoms with van der Waals surface area (Å²) in [5.41, 5.74) is 0.790. The number of anilines is 2. The summed E-state index contributed by atoms with van der Waals surface area (Å²) in [6.07, 6.45) is 0.0364. The van der Waals surface area contributed by atoms with Crippen molar-refractivity contribution in [2.24, 2.45) is 0 Å². The van der Waals surface area contributed by atoms with Crippen molar-refractivity contribution in [3.63, 3.8) is 0 Å². The van der Waals surface area contributed by atoms with E-state index in [1.54, 1.807) is 24.3 Å². The molecule has 142 valence electrons. The molecule has 4 rings (SSSR count). The van der Waals surface area contributed by atoms with Crippen molar-refractivity contribution in [1.29, 1.82) is 0 Å². The van der Waals surface area contributed by atoms with Crippen molar-refractivity contribution in [3.05, 3.63) is 41.4 Å². The fourth-order valence-corrected chi connectivity index (χ4v) is 3.94. The van der Waals surface area contributed by atoms with E-state index >= 15 is 0 Å². The van der Waals surface area contributed by atoms with Crippen molar-refractivity contribution in [2.75, 3.05) is 29.2 Å². The molecule has 8 nitrogen and oxygen atoms in total. The Morgan fingerprint density at radius 1 is 1.15 bits per heavy atom. The molecular formula is C17H15ClN2O6S. The van der Waals surface area contributed by atoms with Gasteiger partial charge in [0.15, 0.2) is 17.6 Å². The van der Waals surface area contributed by atoms with Gasteiger partial charge in [-0.1, -0.05) is 11.6 Å². The van der Waals surface area contributed by atoms with Crippen molar-refractivity contribution in [2.45, 2.75) is 6.10 Å². The first-order valence-corrected chi connectivity index (χ1v) is 10.2. The maximum absolute atomic E-state index is 12.7. The van der Waals surface area contributed by atoms with Crippen LogP contribution in [0.1, 0.15) is 0 Å². The lowest BCUT2D eigenvalue weighted by molar-refractivity contribution is -0.122. The zero-order chi connectivity index (χ0) is 19.2. The van der Waals surface area contributed by atoms with Crippen LogP contribution in [0.4, 0.5) is 11.4 Å². The number of hydrogen-bond acceptors (Lipinski definition) is 6. The van der Waals surface area contributed by atoms with Gasteiger partial charge in [-0.2, -0.15) is 0 Å². The summed E-state index contributed by atoms with van der Waals surface area (Å²) in [5.74, 6) is 0.899. The first-order chi connectivity index (χ1) is 12.8. The molecule has 1 atom stereocenters. The van der Waals surface area contributed by atoms with Gasteiger partial charge in [0, 0.05) is 16.8 Å². The first-order valence-electron chi connectivity index (χ1n) is 7.96. The van der Waals surface area contributed by atoms with Crippen LogP contribution in [0, 0.1) is 0 Å². The molecule has 2 aromatic carbocycles. The Bertz CT molecular complexity index is 1030. The summed E-state index contributed by atoms with van der Waals surface area (Å²) >= 11 is 5.97. The van der Waals surface area contributed by atoms with Crippen LogP contribution in [-0.4, -0.2) is 40.0 Å². The van der Waals surface area contributed by atoms with E-state index in [1.807, 2.05) is 0 Å². The van der Waals surface area contributed by atoms with Crippen LogP contribution >= 0.6 is 11.6 Å². The predicted octanol–water partition coefficient (Wildman–Crippen LogP) is 2.23. The maximum atomic E-state index is 12.7. The maximum Gasteiger partial charge on any atom is 0.267 e. The van der Waals surface area contributed by atoms with E-state index in [4.69, 9.17) is 25.8 Å². The van der Waals surface area contributed by atoms with Gasteiger partial charge in [-0.15, -0.1) is 0 Å². The number of nitrogens with one attached hydrogen (secondary N) is 1. The minimum Gasteiger partial charge on any atom is -0.476 e. The normalized spacial score (nSPS) is 17.9. The number of fused-ring (bicyclic) bond motifs is 2. The molecule has 10 heteroatoms. The Morgan fingerprint density at radius 2 is 1.89 bits per heavy atom.